The third-order valence-electron chi connectivity index (χ3n) is 9.75. The maximum Gasteiger partial charge on any atom is 0.126 e. The number of hydrogen-bond acceptors (Lipinski definition) is 4. The highest BCUT2D eigenvalue weighted by molar-refractivity contribution is 5.62. The first-order valence-corrected chi connectivity index (χ1v) is 11.3. The molecule has 1 N–H and O–H groups in total. The fourth-order valence-electron chi connectivity index (χ4n) is 8.26. The van der Waals surface area contributed by atoms with E-state index in [2.05, 4.69) is 27.7 Å². The van der Waals surface area contributed by atoms with Gasteiger partial charge in [-0.3, -0.25) is 0 Å². The van der Waals surface area contributed by atoms with Gasteiger partial charge in [-0.15, -0.1) is 0 Å². The molecule has 0 aromatic carbocycles. The van der Waals surface area contributed by atoms with Crippen molar-refractivity contribution in [2.45, 2.75) is 78.7 Å². The molecule has 3 fully saturated rings. The predicted molar refractivity (Wildman–Crippen MR) is 111 cm³/mol. The highest BCUT2D eigenvalue weighted by Crippen LogP contribution is 2.73. The number of carbonyl (C=O) groups is 2. The molecule has 4 unspecified atom stereocenters. The molecule has 0 radical (unpaired) electrons. The Balaban J connectivity index is 1.71. The van der Waals surface area contributed by atoms with E-state index in [0.717, 1.165) is 50.4 Å². The molecule has 29 heavy (non-hydrogen) atoms. The van der Waals surface area contributed by atoms with E-state index in [-0.39, 0.29) is 22.2 Å². The zero-order valence-corrected chi connectivity index (χ0v) is 18.3. The second-order valence-electron chi connectivity index (χ2n) is 11.3. The molecule has 3 saturated carbocycles. The van der Waals surface area contributed by atoms with Crippen LogP contribution in [0.5, 0.6) is 0 Å². The topological polar surface area (TPSA) is 67.5 Å². The van der Waals surface area contributed by atoms with Crippen LogP contribution in [0.2, 0.25) is 0 Å². The molecule has 1 heterocycles. The van der Waals surface area contributed by atoms with Gasteiger partial charge in [-0.25, -0.2) is 0 Å². The number of aliphatic hydroxyl groups is 1. The van der Waals surface area contributed by atoms with Gasteiger partial charge in [-0.2, -0.15) is 0 Å². The molecule has 0 bridgehead atoms. The van der Waals surface area contributed by atoms with Gasteiger partial charge < -0.3 is 19.1 Å². The quantitative estimate of drug-likeness (QED) is 0.676. The second-order valence-corrected chi connectivity index (χ2v) is 11.3. The molecule has 4 rings (SSSR count). The lowest BCUT2D eigenvalue weighted by Crippen LogP contribution is -2.55. The van der Waals surface area contributed by atoms with Gasteiger partial charge in [0.2, 0.25) is 0 Å². The minimum absolute atomic E-state index is 0.00718. The maximum absolute atomic E-state index is 12.4. The molecule has 0 saturated heterocycles. The fraction of sp³-hybridized carbons (Fsp3) is 0.760. The summed E-state index contributed by atoms with van der Waals surface area (Å²) in [4.78, 5) is 24.5. The molecule has 3 aliphatic carbocycles. The summed E-state index contributed by atoms with van der Waals surface area (Å²) in [5, 5.41) is 10.9. The summed E-state index contributed by atoms with van der Waals surface area (Å²) >= 11 is 0. The van der Waals surface area contributed by atoms with Gasteiger partial charge in [-0.1, -0.05) is 34.1 Å². The lowest BCUT2D eigenvalue weighted by atomic mass is 9.43. The molecule has 1 aromatic rings. The summed E-state index contributed by atoms with van der Waals surface area (Å²) in [5.41, 5.74) is 0.154. The van der Waals surface area contributed by atoms with Gasteiger partial charge in [0.05, 0.1) is 18.6 Å². The number of carbonyl (C=O) groups excluding carboxylic acids is 2. The summed E-state index contributed by atoms with van der Waals surface area (Å²) in [5.74, 6) is 0.891. The smallest absolute Gasteiger partial charge is 0.126 e. The Morgan fingerprint density at radius 1 is 1.07 bits per heavy atom. The van der Waals surface area contributed by atoms with Gasteiger partial charge in [-0.05, 0) is 73.2 Å². The normalized spacial score (nSPS) is 47.8. The van der Waals surface area contributed by atoms with Crippen molar-refractivity contribution in [2.75, 3.05) is 0 Å². The zero-order valence-electron chi connectivity index (χ0n) is 18.3. The molecular weight excluding hydrogens is 364 g/mol. The minimum atomic E-state index is -0.620. The van der Waals surface area contributed by atoms with Crippen LogP contribution in [0.3, 0.4) is 0 Å². The van der Waals surface area contributed by atoms with Crippen LogP contribution in [0.1, 0.15) is 84.3 Å². The molecule has 3 aliphatic rings. The van der Waals surface area contributed by atoms with Gasteiger partial charge >= 0.3 is 0 Å². The van der Waals surface area contributed by atoms with E-state index >= 15 is 0 Å². The average Bonchev–Trinajstić information content (AvgIpc) is 3.30. The molecule has 0 aliphatic heterocycles. The van der Waals surface area contributed by atoms with Crippen LogP contribution < -0.4 is 0 Å². The second kappa shape index (κ2) is 6.80. The Morgan fingerprint density at radius 2 is 1.79 bits per heavy atom. The van der Waals surface area contributed by atoms with Crippen LogP contribution in [0.15, 0.2) is 23.0 Å². The molecule has 0 spiro atoms. The first kappa shape index (κ1) is 20.8. The molecule has 160 valence electrons. The van der Waals surface area contributed by atoms with E-state index in [4.69, 9.17) is 4.42 Å². The van der Waals surface area contributed by atoms with Crippen molar-refractivity contribution in [1.82, 2.24) is 0 Å². The van der Waals surface area contributed by atoms with Crippen molar-refractivity contribution >= 4 is 12.6 Å². The monoisotopic (exact) mass is 400 g/mol. The zero-order chi connectivity index (χ0) is 21.1. The first-order chi connectivity index (χ1) is 13.6. The third kappa shape index (κ3) is 2.89. The van der Waals surface area contributed by atoms with Gasteiger partial charge in [0, 0.05) is 16.4 Å². The summed E-state index contributed by atoms with van der Waals surface area (Å²) < 4.78 is 5.17. The standard InChI is InChI=1S/C25H36O4/c1-22(15-26)8-5-9-24(3)19(22)6-10-25(4)20(23(2,16-27)13-21(24)25)12-18(28)17-7-11-29-14-17/h7,11,14-16,18-21,28H,5-6,8-10,12-13H2,1-4H3/t18-,19-,20?,21?,22-,23+,24?,25?/m1/s1. The van der Waals surface area contributed by atoms with Crippen molar-refractivity contribution < 1.29 is 19.1 Å². The lowest BCUT2D eigenvalue weighted by molar-refractivity contribution is -0.149. The fourth-order valence-corrected chi connectivity index (χ4v) is 8.26. The van der Waals surface area contributed by atoms with Crippen LogP contribution in [-0.2, 0) is 9.59 Å². The van der Waals surface area contributed by atoms with Crippen LogP contribution >= 0.6 is 0 Å². The van der Waals surface area contributed by atoms with E-state index in [1.165, 1.54) is 6.29 Å². The number of rotatable bonds is 5. The molecule has 4 nitrogen and oxygen atoms in total. The molecule has 1 aromatic heterocycles. The van der Waals surface area contributed by atoms with Crippen LogP contribution in [0.4, 0.5) is 0 Å². The highest BCUT2D eigenvalue weighted by atomic mass is 16.3. The van der Waals surface area contributed by atoms with E-state index in [1.54, 1.807) is 12.5 Å². The Morgan fingerprint density at radius 3 is 2.41 bits per heavy atom. The van der Waals surface area contributed by atoms with Gasteiger partial charge in [0.1, 0.15) is 12.6 Å². The van der Waals surface area contributed by atoms with Crippen LogP contribution in [-0.4, -0.2) is 17.7 Å². The van der Waals surface area contributed by atoms with Crippen molar-refractivity contribution in [2.24, 2.45) is 39.4 Å². The lowest BCUT2D eigenvalue weighted by Gasteiger charge is -2.61. The molecule has 4 heteroatoms. The Bertz CT molecular complexity index is 772. The molecular formula is C25H36O4. The third-order valence-corrected chi connectivity index (χ3v) is 9.75. The van der Waals surface area contributed by atoms with Gasteiger partial charge in [0.15, 0.2) is 0 Å². The summed E-state index contributed by atoms with van der Waals surface area (Å²) in [7, 11) is 0. The van der Waals surface area contributed by atoms with Crippen molar-refractivity contribution in [1.29, 1.82) is 0 Å². The number of furan rings is 1. The van der Waals surface area contributed by atoms with E-state index in [1.807, 2.05) is 6.07 Å². The highest BCUT2D eigenvalue weighted by Gasteiger charge is 2.67. The van der Waals surface area contributed by atoms with Crippen molar-refractivity contribution in [3.63, 3.8) is 0 Å². The van der Waals surface area contributed by atoms with Crippen LogP contribution in [0, 0.1) is 39.4 Å². The Hall–Kier alpha value is -1.42. The van der Waals surface area contributed by atoms with Crippen LogP contribution in [0.25, 0.3) is 0 Å². The predicted octanol–water partition coefficient (Wildman–Crippen LogP) is 5.36. The Kier molecular flexibility index (Phi) is 4.88. The summed E-state index contributed by atoms with van der Waals surface area (Å²) in [6.07, 6.45) is 11.6. The summed E-state index contributed by atoms with van der Waals surface area (Å²) in [6.45, 7) is 8.99. The number of aliphatic hydroxyl groups excluding tert-OH is 1. The molecule has 0 amide bonds. The van der Waals surface area contributed by atoms with Crippen molar-refractivity contribution in [3.8, 4) is 0 Å². The minimum Gasteiger partial charge on any atom is -0.472 e. The number of aldehydes is 2. The van der Waals surface area contributed by atoms with E-state index in [9.17, 15) is 14.7 Å². The summed E-state index contributed by atoms with van der Waals surface area (Å²) in [6, 6.07) is 1.81. The molecule has 8 atom stereocenters. The number of fused-ring (bicyclic) bond motifs is 3. The van der Waals surface area contributed by atoms with Gasteiger partial charge in [0.25, 0.3) is 0 Å². The Labute approximate surface area is 174 Å². The van der Waals surface area contributed by atoms with E-state index < -0.39 is 11.5 Å². The number of hydrogen-bond donors (Lipinski definition) is 1. The van der Waals surface area contributed by atoms with E-state index in [0.29, 0.717) is 18.3 Å². The maximum atomic E-state index is 12.4. The van der Waals surface area contributed by atoms with Crippen molar-refractivity contribution in [3.05, 3.63) is 24.2 Å². The first-order valence-electron chi connectivity index (χ1n) is 11.3. The SMILES string of the molecule is CC12CC[C@H]3C(C)(CCC[C@]3(C)C=O)C1C[C@@](C)(C=O)C2C[C@@H](O)c1ccoc1. The largest absolute Gasteiger partial charge is 0.472 e. The average molecular weight is 401 g/mol.